The molecule has 0 saturated carbocycles. The number of rotatable bonds is 2. The Bertz CT molecular complexity index is 679. The third kappa shape index (κ3) is 5.81. The van der Waals surface area contributed by atoms with E-state index in [1.807, 2.05) is 6.07 Å². The van der Waals surface area contributed by atoms with E-state index in [1.165, 1.54) is 0 Å². The van der Waals surface area contributed by atoms with Gasteiger partial charge in [-0.2, -0.15) is 0 Å². The van der Waals surface area contributed by atoms with Crippen LogP contribution < -0.4 is 22.5 Å². The first-order chi connectivity index (χ1) is 11.5. The minimum atomic E-state index is 0.373. The van der Waals surface area contributed by atoms with Gasteiger partial charge in [-0.25, -0.2) is 9.97 Å². The number of pyridine rings is 2. The molecule has 0 atom stereocenters. The summed E-state index contributed by atoms with van der Waals surface area (Å²) < 4.78 is 7.07. The molecule has 3 heterocycles. The van der Waals surface area contributed by atoms with Crippen molar-refractivity contribution >= 4 is 54.9 Å². The average Bonchev–Trinajstić information content (AvgIpc) is 2.56. The Labute approximate surface area is 157 Å². The first-order valence-corrected chi connectivity index (χ1v) is 8.96. The summed E-state index contributed by atoms with van der Waals surface area (Å²) in [4.78, 5) is 7.87. The highest BCUT2D eigenvalue weighted by Crippen LogP contribution is 2.23. The molecule has 0 aliphatic carbocycles. The molecule has 0 aromatic carbocycles. The van der Waals surface area contributed by atoms with Gasteiger partial charge in [0.25, 0.3) is 0 Å². The van der Waals surface area contributed by atoms with Gasteiger partial charge >= 0.3 is 0 Å². The fourth-order valence-electron chi connectivity index (χ4n) is 2.09. The van der Waals surface area contributed by atoms with Crippen molar-refractivity contribution < 1.29 is 4.74 Å². The summed E-state index contributed by atoms with van der Waals surface area (Å²) in [6, 6.07) is 4.11. The largest absolute Gasteiger partial charge is 0.396 e. The molecule has 0 spiro atoms. The SMILES string of the molecule is Nc1cc(Br)cnc1N.Nc1ncc(Br)cc1NC1CCOCC1. The summed E-state index contributed by atoms with van der Waals surface area (Å²) in [6.07, 6.45) is 5.34. The number of nitrogens with zero attached hydrogens (tertiary/aromatic N) is 2. The van der Waals surface area contributed by atoms with E-state index in [9.17, 15) is 0 Å². The molecule has 9 heteroatoms. The first-order valence-electron chi connectivity index (χ1n) is 7.37. The number of halogens is 2. The quantitative estimate of drug-likeness (QED) is 0.543. The molecule has 2 aromatic heterocycles. The monoisotopic (exact) mass is 458 g/mol. The van der Waals surface area contributed by atoms with Crippen LogP contribution in [0.25, 0.3) is 0 Å². The minimum absolute atomic E-state index is 0.373. The standard InChI is InChI=1S/C10H14BrN3O.C5H6BrN3/c11-7-5-9(10(12)13-6-7)14-8-1-3-15-4-2-8;6-3-1-4(7)5(8)9-2-3/h5-6,8,14H,1-4H2,(H2,12,13);1-2H,7H2,(H2,8,9). The zero-order chi connectivity index (χ0) is 17.5. The maximum Gasteiger partial charge on any atom is 0.146 e. The second-order valence-electron chi connectivity index (χ2n) is 5.25. The Kier molecular flexibility index (Phi) is 7.07. The van der Waals surface area contributed by atoms with E-state index in [0.717, 1.165) is 40.7 Å². The summed E-state index contributed by atoms with van der Waals surface area (Å²) in [7, 11) is 0. The second-order valence-corrected chi connectivity index (χ2v) is 7.08. The van der Waals surface area contributed by atoms with Gasteiger partial charge in [0.15, 0.2) is 0 Å². The van der Waals surface area contributed by atoms with E-state index >= 15 is 0 Å². The lowest BCUT2D eigenvalue weighted by Gasteiger charge is -2.24. The molecule has 0 unspecified atom stereocenters. The third-order valence-corrected chi connectivity index (χ3v) is 4.25. The van der Waals surface area contributed by atoms with Gasteiger partial charge in [-0.15, -0.1) is 0 Å². The molecular weight excluding hydrogens is 440 g/mol. The van der Waals surface area contributed by atoms with Crippen LogP contribution in [0.15, 0.2) is 33.5 Å². The molecule has 0 bridgehead atoms. The van der Waals surface area contributed by atoms with E-state index in [4.69, 9.17) is 21.9 Å². The van der Waals surface area contributed by atoms with E-state index in [0.29, 0.717) is 23.4 Å². The van der Waals surface area contributed by atoms with Crippen molar-refractivity contribution in [3.63, 3.8) is 0 Å². The van der Waals surface area contributed by atoms with E-state index < -0.39 is 0 Å². The summed E-state index contributed by atoms with van der Waals surface area (Å²) in [6.45, 7) is 1.64. The topological polar surface area (TPSA) is 125 Å². The Morgan fingerprint density at radius 3 is 2.12 bits per heavy atom. The highest BCUT2D eigenvalue weighted by atomic mass is 79.9. The van der Waals surface area contributed by atoms with Crippen LogP contribution in [0.4, 0.5) is 23.0 Å². The number of hydrogen-bond acceptors (Lipinski definition) is 7. The Balaban J connectivity index is 0.000000198. The zero-order valence-corrected chi connectivity index (χ0v) is 16.2. The maximum atomic E-state index is 5.78. The van der Waals surface area contributed by atoms with E-state index in [-0.39, 0.29) is 0 Å². The molecule has 1 saturated heterocycles. The lowest BCUT2D eigenvalue weighted by Crippen LogP contribution is -2.28. The number of nitrogen functional groups attached to an aromatic ring is 3. The van der Waals surface area contributed by atoms with Gasteiger partial charge in [-0.1, -0.05) is 0 Å². The number of hydrogen-bond donors (Lipinski definition) is 4. The molecule has 7 N–H and O–H groups in total. The van der Waals surface area contributed by atoms with Crippen LogP contribution >= 0.6 is 31.9 Å². The van der Waals surface area contributed by atoms with Gasteiger partial charge in [-0.05, 0) is 56.8 Å². The van der Waals surface area contributed by atoms with Crippen LogP contribution in [0, 0.1) is 0 Å². The second kappa shape index (κ2) is 9.05. The summed E-state index contributed by atoms with van der Waals surface area (Å²) in [5.41, 5.74) is 17.9. The van der Waals surface area contributed by atoms with Crippen molar-refractivity contribution in [3.05, 3.63) is 33.5 Å². The Morgan fingerprint density at radius 2 is 1.54 bits per heavy atom. The molecule has 0 radical (unpaired) electrons. The molecule has 2 aromatic rings. The number of ether oxygens (including phenoxy) is 1. The highest BCUT2D eigenvalue weighted by molar-refractivity contribution is 9.10. The Hall–Kier alpha value is -1.58. The molecule has 0 amide bonds. The smallest absolute Gasteiger partial charge is 0.146 e. The highest BCUT2D eigenvalue weighted by Gasteiger charge is 2.14. The predicted molar refractivity (Wildman–Crippen MR) is 105 cm³/mol. The van der Waals surface area contributed by atoms with Gasteiger partial charge in [0, 0.05) is 40.6 Å². The number of nitrogens with one attached hydrogen (secondary N) is 1. The van der Waals surface area contributed by atoms with Crippen molar-refractivity contribution in [2.45, 2.75) is 18.9 Å². The molecular formula is C15H20Br2N6O. The van der Waals surface area contributed by atoms with Crippen molar-refractivity contribution in [2.75, 3.05) is 35.7 Å². The molecule has 130 valence electrons. The van der Waals surface area contributed by atoms with Crippen LogP contribution in [-0.4, -0.2) is 29.2 Å². The maximum absolute atomic E-state index is 5.78. The van der Waals surface area contributed by atoms with E-state index in [2.05, 4.69) is 47.1 Å². The van der Waals surface area contributed by atoms with Crippen molar-refractivity contribution in [1.29, 1.82) is 0 Å². The van der Waals surface area contributed by atoms with E-state index in [1.54, 1.807) is 18.5 Å². The van der Waals surface area contributed by atoms with Crippen LogP contribution in [0.1, 0.15) is 12.8 Å². The fraction of sp³-hybridized carbons (Fsp3) is 0.333. The van der Waals surface area contributed by atoms with Gasteiger partial charge in [-0.3, -0.25) is 0 Å². The zero-order valence-electron chi connectivity index (χ0n) is 13.0. The van der Waals surface area contributed by atoms with Gasteiger partial charge in [0.05, 0.1) is 11.4 Å². The van der Waals surface area contributed by atoms with Crippen molar-refractivity contribution in [3.8, 4) is 0 Å². The first kappa shape index (κ1) is 18.8. The molecule has 1 fully saturated rings. The molecule has 1 aliphatic heterocycles. The minimum Gasteiger partial charge on any atom is -0.396 e. The van der Waals surface area contributed by atoms with Gasteiger partial charge in [0.2, 0.25) is 0 Å². The summed E-state index contributed by atoms with van der Waals surface area (Å²) in [5.74, 6) is 0.919. The molecule has 7 nitrogen and oxygen atoms in total. The van der Waals surface area contributed by atoms with Crippen LogP contribution in [0.3, 0.4) is 0 Å². The number of nitrogens with two attached hydrogens (primary N) is 3. The lowest BCUT2D eigenvalue weighted by molar-refractivity contribution is 0.0904. The normalized spacial score (nSPS) is 14.6. The number of aromatic nitrogens is 2. The van der Waals surface area contributed by atoms with Gasteiger partial charge in [0.1, 0.15) is 11.6 Å². The third-order valence-electron chi connectivity index (χ3n) is 3.38. The van der Waals surface area contributed by atoms with Crippen LogP contribution in [0.2, 0.25) is 0 Å². The summed E-state index contributed by atoms with van der Waals surface area (Å²) >= 11 is 6.58. The molecule has 3 rings (SSSR count). The Morgan fingerprint density at radius 1 is 0.958 bits per heavy atom. The average molecular weight is 460 g/mol. The number of anilines is 4. The van der Waals surface area contributed by atoms with Crippen LogP contribution in [0.5, 0.6) is 0 Å². The van der Waals surface area contributed by atoms with Crippen LogP contribution in [-0.2, 0) is 4.74 Å². The fourth-order valence-corrected chi connectivity index (χ4v) is 2.77. The predicted octanol–water partition coefficient (Wildman–Crippen LogP) is 3.03. The summed E-state index contributed by atoms with van der Waals surface area (Å²) in [5, 5.41) is 3.39. The van der Waals surface area contributed by atoms with Crippen molar-refractivity contribution in [1.82, 2.24) is 9.97 Å². The lowest BCUT2D eigenvalue weighted by atomic mass is 10.1. The van der Waals surface area contributed by atoms with Crippen molar-refractivity contribution in [2.24, 2.45) is 0 Å². The molecule has 1 aliphatic rings. The van der Waals surface area contributed by atoms with Gasteiger partial charge < -0.3 is 27.3 Å². The molecule has 24 heavy (non-hydrogen) atoms.